The minimum atomic E-state index is -0.412. The fraction of sp³-hybridized carbons (Fsp3) is 0.222. The quantitative estimate of drug-likeness (QED) is 0.655. The van der Waals surface area contributed by atoms with Gasteiger partial charge in [0.1, 0.15) is 5.69 Å². The first kappa shape index (κ1) is 17.3. The van der Waals surface area contributed by atoms with E-state index >= 15 is 0 Å². The van der Waals surface area contributed by atoms with Crippen LogP contribution in [0.1, 0.15) is 35.0 Å². The van der Waals surface area contributed by atoms with Gasteiger partial charge in [0.2, 0.25) is 5.91 Å². The van der Waals surface area contributed by atoms with Crippen LogP contribution in [0.5, 0.6) is 0 Å². The zero-order valence-electron chi connectivity index (χ0n) is 14.0. The fourth-order valence-electron chi connectivity index (χ4n) is 2.00. The topological polar surface area (TPSA) is 83.5 Å². The zero-order chi connectivity index (χ0) is 17.5. The third-order valence-corrected chi connectivity index (χ3v) is 3.45. The molecule has 0 unspecified atom stereocenters. The van der Waals surface area contributed by atoms with Crippen LogP contribution in [-0.4, -0.2) is 22.5 Å². The van der Waals surface area contributed by atoms with E-state index in [1.807, 2.05) is 32.0 Å². The van der Waals surface area contributed by atoms with Gasteiger partial charge in [0.25, 0.3) is 5.91 Å². The zero-order valence-corrected chi connectivity index (χ0v) is 14.0. The van der Waals surface area contributed by atoms with Crippen molar-refractivity contribution < 1.29 is 9.59 Å². The molecular weight excluding hydrogens is 304 g/mol. The molecule has 0 bridgehead atoms. The molecular formula is C18H20N4O2. The number of aromatic nitrogens is 1. The van der Waals surface area contributed by atoms with Crippen molar-refractivity contribution in [3.05, 3.63) is 59.4 Å². The van der Waals surface area contributed by atoms with E-state index in [4.69, 9.17) is 0 Å². The van der Waals surface area contributed by atoms with Gasteiger partial charge in [0.05, 0.1) is 6.42 Å². The molecule has 6 heteroatoms. The Morgan fingerprint density at radius 3 is 2.58 bits per heavy atom. The van der Waals surface area contributed by atoms with Crippen LogP contribution in [0.4, 0.5) is 5.69 Å². The molecule has 0 aliphatic rings. The minimum Gasteiger partial charge on any atom is -0.326 e. The van der Waals surface area contributed by atoms with E-state index in [2.05, 4.69) is 20.8 Å². The van der Waals surface area contributed by atoms with Crippen molar-refractivity contribution in [3.8, 4) is 0 Å². The highest BCUT2D eigenvalue weighted by Crippen LogP contribution is 2.14. The standard InChI is InChI=1S/C18H20N4O2/c1-12-7-8-15(10-13(12)2)20-17(23)11-14(3)21-22-18(24)16-6-4-5-9-19-16/h4-10H,11H2,1-3H3,(H,20,23)(H,22,24)/b21-14-. The van der Waals surface area contributed by atoms with Crippen molar-refractivity contribution in [2.24, 2.45) is 5.10 Å². The number of hydrogen-bond acceptors (Lipinski definition) is 4. The predicted molar refractivity (Wildman–Crippen MR) is 94.0 cm³/mol. The molecule has 0 aliphatic carbocycles. The molecule has 0 aliphatic heterocycles. The third-order valence-electron chi connectivity index (χ3n) is 3.45. The van der Waals surface area contributed by atoms with Crippen molar-refractivity contribution in [1.29, 1.82) is 0 Å². The first-order chi connectivity index (χ1) is 11.5. The number of amides is 2. The number of pyridine rings is 1. The van der Waals surface area contributed by atoms with Crippen LogP contribution in [0.3, 0.4) is 0 Å². The second kappa shape index (κ2) is 8.01. The number of hydrogen-bond donors (Lipinski definition) is 2. The Kier molecular flexibility index (Phi) is 5.78. The molecule has 0 atom stereocenters. The van der Waals surface area contributed by atoms with Gasteiger partial charge < -0.3 is 5.32 Å². The van der Waals surface area contributed by atoms with Crippen LogP contribution < -0.4 is 10.7 Å². The molecule has 2 N–H and O–H groups in total. The fourth-order valence-corrected chi connectivity index (χ4v) is 2.00. The van der Waals surface area contributed by atoms with Crippen molar-refractivity contribution in [2.75, 3.05) is 5.32 Å². The molecule has 0 spiro atoms. The number of anilines is 1. The lowest BCUT2D eigenvalue weighted by Gasteiger charge is -2.07. The van der Waals surface area contributed by atoms with E-state index in [1.165, 1.54) is 11.8 Å². The Bertz CT molecular complexity index is 770. The highest BCUT2D eigenvalue weighted by molar-refractivity contribution is 6.06. The summed E-state index contributed by atoms with van der Waals surface area (Å²) in [7, 11) is 0. The number of rotatable bonds is 5. The first-order valence-electron chi connectivity index (χ1n) is 7.57. The SMILES string of the molecule is C/C(CC(=O)Nc1ccc(C)c(C)c1)=N/NC(=O)c1ccccn1. The maximum absolute atomic E-state index is 12.0. The van der Waals surface area contributed by atoms with Crippen molar-refractivity contribution in [3.63, 3.8) is 0 Å². The molecule has 24 heavy (non-hydrogen) atoms. The van der Waals surface area contributed by atoms with E-state index in [9.17, 15) is 9.59 Å². The van der Waals surface area contributed by atoms with Crippen molar-refractivity contribution in [2.45, 2.75) is 27.2 Å². The lowest BCUT2D eigenvalue weighted by atomic mass is 10.1. The lowest BCUT2D eigenvalue weighted by Crippen LogP contribution is -2.22. The molecule has 6 nitrogen and oxygen atoms in total. The monoisotopic (exact) mass is 324 g/mol. The first-order valence-corrected chi connectivity index (χ1v) is 7.57. The summed E-state index contributed by atoms with van der Waals surface area (Å²) in [4.78, 5) is 27.8. The minimum absolute atomic E-state index is 0.0927. The summed E-state index contributed by atoms with van der Waals surface area (Å²) >= 11 is 0. The van der Waals surface area contributed by atoms with E-state index in [1.54, 1.807) is 25.1 Å². The number of hydrazone groups is 1. The van der Waals surface area contributed by atoms with Gasteiger partial charge in [-0.15, -0.1) is 0 Å². The molecule has 124 valence electrons. The average molecular weight is 324 g/mol. The molecule has 1 aromatic carbocycles. The van der Waals surface area contributed by atoms with E-state index in [0.717, 1.165) is 11.3 Å². The van der Waals surface area contributed by atoms with E-state index in [0.29, 0.717) is 5.71 Å². The van der Waals surface area contributed by atoms with Crippen LogP contribution in [0.15, 0.2) is 47.7 Å². The van der Waals surface area contributed by atoms with Crippen LogP contribution in [0, 0.1) is 13.8 Å². The van der Waals surface area contributed by atoms with Gasteiger partial charge in [0.15, 0.2) is 0 Å². The van der Waals surface area contributed by atoms with Crippen molar-refractivity contribution in [1.82, 2.24) is 10.4 Å². The van der Waals surface area contributed by atoms with E-state index in [-0.39, 0.29) is 18.0 Å². The molecule has 0 saturated carbocycles. The Balaban J connectivity index is 1.88. The highest BCUT2D eigenvalue weighted by atomic mass is 16.2. The summed E-state index contributed by atoms with van der Waals surface area (Å²) in [5, 5.41) is 6.75. The van der Waals surface area contributed by atoms with Gasteiger partial charge in [-0.1, -0.05) is 12.1 Å². The number of aryl methyl sites for hydroxylation is 2. The Morgan fingerprint density at radius 2 is 1.92 bits per heavy atom. The summed E-state index contributed by atoms with van der Waals surface area (Å²) in [5.74, 6) is -0.601. The number of carbonyl (C=O) groups excluding carboxylic acids is 2. The van der Waals surface area contributed by atoms with Crippen LogP contribution in [0.2, 0.25) is 0 Å². The largest absolute Gasteiger partial charge is 0.326 e. The maximum Gasteiger partial charge on any atom is 0.289 e. The van der Waals surface area contributed by atoms with Gasteiger partial charge in [-0.05, 0) is 56.2 Å². The Hall–Kier alpha value is -3.02. The Morgan fingerprint density at radius 1 is 1.12 bits per heavy atom. The molecule has 2 rings (SSSR count). The molecule has 0 saturated heterocycles. The maximum atomic E-state index is 12.0. The Labute approximate surface area is 141 Å². The van der Waals surface area contributed by atoms with Gasteiger partial charge >= 0.3 is 0 Å². The second-order valence-electron chi connectivity index (χ2n) is 5.53. The molecule has 2 aromatic rings. The van der Waals surface area contributed by atoms with Gasteiger partial charge in [0, 0.05) is 17.6 Å². The lowest BCUT2D eigenvalue weighted by molar-refractivity contribution is -0.115. The van der Waals surface area contributed by atoms with Gasteiger partial charge in [-0.25, -0.2) is 5.43 Å². The smallest absolute Gasteiger partial charge is 0.289 e. The molecule has 0 radical (unpaired) electrons. The van der Waals surface area contributed by atoms with Crippen LogP contribution >= 0.6 is 0 Å². The van der Waals surface area contributed by atoms with E-state index < -0.39 is 5.91 Å². The highest BCUT2D eigenvalue weighted by Gasteiger charge is 2.08. The normalized spacial score (nSPS) is 11.0. The molecule has 0 fully saturated rings. The number of benzene rings is 1. The second-order valence-corrected chi connectivity index (χ2v) is 5.53. The summed E-state index contributed by atoms with van der Waals surface area (Å²) in [6, 6.07) is 10.8. The number of carbonyl (C=O) groups is 2. The summed E-state index contributed by atoms with van der Waals surface area (Å²) in [6.07, 6.45) is 1.62. The van der Waals surface area contributed by atoms with Gasteiger partial charge in [-0.2, -0.15) is 5.10 Å². The number of nitrogens with one attached hydrogen (secondary N) is 2. The predicted octanol–water partition coefficient (Wildman–Crippen LogP) is 2.83. The molecule has 2 amide bonds. The van der Waals surface area contributed by atoms with Crippen LogP contribution in [-0.2, 0) is 4.79 Å². The summed E-state index contributed by atoms with van der Waals surface area (Å²) in [6.45, 7) is 5.69. The van der Waals surface area contributed by atoms with Gasteiger partial charge in [-0.3, -0.25) is 14.6 Å². The van der Waals surface area contributed by atoms with Crippen molar-refractivity contribution >= 4 is 23.2 Å². The molecule has 1 heterocycles. The number of nitrogens with zero attached hydrogens (tertiary/aromatic N) is 2. The van der Waals surface area contributed by atoms with Crippen LogP contribution in [0.25, 0.3) is 0 Å². The summed E-state index contributed by atoms with van der Waals surface area (Å²) in [5.41, 5.74) is 6.19. The average Bonchev–Trinajstić information content (AvgIpc) is 2.56. The molecule has 1 aromatic heterocycles. The summed E-state index contributed by atoms with van der Waals surface area (Å²) < 4.78 is 0. The third kappa shape index (κ3) is 5.01.